The molecule has 0 atom stereocenters. The minimum absolute atomic E-state index is 0.226. The normalized spacial score (nSPS) is 9.84. The average Bonchev–Trinajstić information content (AvgIpc) is 2.87. The molecule has 1 heterocycles. The minimum atomic E-state index is -0.920. The van der Waals surface area contributed by atoms with Crippen LogP contribution < -0.4 is 9.67 Å². The molecule has 0 N–H and O–H groups in total. The van der Waals surface area contributed by atoms with Crippen molar-refractivity contribution in [1.29, 1.82) is 0 Å². The zero-order valence-corrected chi connectivity index (χ0v) is 12.6. The molecular formula is C15H28N2O2. The van der Waals surface area contributed by atoms with E-state index in [1.807, 2.05) is 0 Å². The number of imidazole rings is 1. The van der Waals surface area contributed by atoms with Gasteiger partial charge >= 0.3 is 0 Å². The predicted octanol–water partition coefficient (Wildman–Crippen LogP) is 1.91. The Morgan fingerprint density at radius 2 is 1.84 bits per heavy atom. The monoisotopic (exact) mass is 268 g/mol. The highest BCUT2D eigenvalue weighted by atomic mass is 16.4. The highest BCUT2D eigenvalue weighted by Crippen LogP contribution is 2.03. The molecule has 1 aromatic rings. The summed E-state index contributed by atoms with van der Waals surface area (Å²) < 4.78 is 4.31. The summed E-state index contributed by atoms with van der Waals surface area (Å²) in [5.41, 5.74) is 0. The van der Waals surface area contributed by atoms with Crippen molar-refractivity contribution in [2.45, 2.75) is 72.4 Å². The van der Waals surface area contributed by atoms with E-state index < -0.39 is 5.97 Å². The van der Waals surface area contributed by atoms with Crippen molar-refractivity contribution in [3.05, 3.63) is 18.7 Å². The lowest BCUT2D eigenvalue weighted by atomic mass is 10.1. The molecule has 0 aliphatic heterocycles. The molecule has 0 saturated carbocycles. The van der Waals surface area contributed by atoms with Gasteiger partial charge in [-0.1, -0.05) is 32.6 Å². The zero-order chi connectivity index (χ0) is 14.5. The lowest BCUT2D eigenvalue weighted by molar-refractivity contribution is -0.693. The summed E-state index contributed by atoms with van der Waals surface area (Å²) in [5, 5.41) is 9.92. The molecular weight excluding hydrogens is 240 g/mol. The van der Waals surface area contributed by atoms with Crippen LogP contribution in [0.3, 0.4) is 0 Å². The number of aliphatic carboxylic acids is 1. The Bertz CT molecular complexity index is 316. The van der Waals surface area contributed by atoms with Crippen LogP contribution >= 0.6 is 0 Å². The summed E-state index contributed by atoms with van der Waals surface area (Å²) in [6.45, 7) is 8.54. The molecule has 0 bridgehead atoms. The number of hydrogen-bond donors (Lipinski definition) is 0. The van der Waals surface area contributed by atoms with Crippen LogP contribution in [0.1, 0.15) is 59.3 Å². The van der Waals surface area contributed by atoms with Gasteiger partial charge in [0.2, 0.25) is 6.33 Å². The van der Waals surface area contributed by atoms with Gasteiger partial charge in [0.25, 0.3) is 0 Å². The summed E-state index contributed by atoms with van der Waals surface area (Å²) in [4.78, 5) is 9.92. The van der Waals surface area contributed by atoms with Gasteiger partial charge in [0, 0.05) is 5.97 Å². The first-order chi connectivity index (χ1) is 9.13. The topological polar surface area (TPSA) is 48.9 Å². The Hall–Kier alpha value is -1.32. The van der Waals surface area contributed by atoms with Gasteiger partial charge in [-0.2, -0.15) is 0 Å². The third kappa shape index (κ3) is 10.3. The van der Waals surface area contributed by atoms with Gasteiger partial charge in [0.15, 0.2) is 0 Å². The van der Waals surface area contributed by atoms with Gasteiger partial charge in [0.05, 0.1) is 13.1 Å². The second-order valence-electron chi connectivity index (χ2n) is 4.61. The van der Waals surface area contributed by atoms with Gasteiger partial charge in [-0.25, -0.2) is 9.13 Å². The lowest BCUT2D eigenvalue weighted by Crippen LogP contribution is -2.28. The maximum Gasteiger partial charge on any atom is 0.243 e. The second-order valence-corrected chi connectivity index (χ2v) is 4.61. The van der Waals surface area contributed by atoms with Crippen LogP contribution in [0, 0.1) is 0 Å². The lowest BCUT2D eigenvalue weighted by Gasteiger charge is -2.00. The average molecular weight is 268 g/mol. The molecule has 0 fully saturated rings. The number of hydrogen-bond acceptors (Lipinski definition) is 2. The smallest absolute Gasteiger partial charge is 0.243 e. The maximum absolute atomic E-state index is 9.92. The van der Waals surface area contributed by atoms with Gasteiger partial charge in [-0.3, -0.25) is 0 Å². The number of carbonyl (C=O) groups excluding carboxylic acids is 1. The van der Waals surface area contributed by atoms with Crippen LogP contribution in [0.5, 0.6) is 0 Å². The van der Waals surface area contributed by atoms with Crippen molar-refractivity contribution < 1.29 is 14.5 Å². The van der Waals surface area contributed by atoms with Crippen LogP contribution in [0.25, 0.3) is 0 Å². The molecule has 110 valence electrons. The Morgan fingerprint density at radius 3 is 2.26 bits per heavy atom. The van der Waals surface area contributed by atoms with E-state index in [0.29, 0.717) is 0 Å². The number of carboxylic acids is 1. The number of carboxylic acid groups (broad SMARTS) is 1. The van der Waals surface area contributed by atoms with Gasteiger partial charge in [0.1, 0.15) is 12.4 Å². The Labute approximate surface area is 117 Å². The predicted molar refractivity (Wildman–Crippen MR) is 74.4 cm³/mol. The molecule has 19 heavy (non-hydrogen) atoms. The molecule has 0 saturated heterocycles. The van der Waals surface area contributed by atoms with E-state index >= 15 is 0 Å². The first-order valence-corrected chi connectivity index (χ1v) is 7.38. The Balaban J connectivity index is 0.000000342. The first-order valence-electron chi connectivity index (χ1n) is 7.38. The van der Waals surface area contributed by atoms with Crippen molar-refractivity contribution in [3.63, 3.8) is 0 Å². The first kappa shape index (κ1) is 17.7. The summed E-state index contributed by atoms with van der Waals surface area (Å²) in [5.74, 6) is -0.920. The molecule has 0 radical (unpaired) electrons. The van der Waals surface area contributed by atoms with Gasteiger partial charge < -0.3 is 9.90 Å². The number of nitrogens with zero attached hydrogens (tertiary/aromatic N) is 2. The fourth-order valence-electron chi connectivity index (χ4n) is 1.69. The molecule has 0 amide bonds. The number of unbranched alkanes of at least 4 members (excludes halogenated alkanes) is 4. The quantitative estimate of drug-likeness (QED) is 0.534. The van der Waals surface area contributed by atoms with Crippen LogP contribution in [0.15, 0.2) is 18.7 Å². The van der Waals surface area contributed by atoms with Crippen LogP contribution in [0.4, 0.5) is 0 Å². The molecule has 0 aromatic carbocycles. The van der Waals surface area contributed by atoms with E-state index in [2.05, 4.69) is 48.6 Å². The zero-order valence-electron chi connectivity index (χ0n) is 12.6. The van der Waals surface area contributed by atoms with Gasteiger partial charge in [-0.15, -0.1) is 0 Å². The van der Waals surface area contributed by atoms with E-state index in [1.165, 1.54) is 12.8 Å². The molecule has 0 aliphatic carbocycles. The van der Waals surface area contributed by atoms with E-state index in [9.17, 15) is 9.90 Å². The molecule has 1 aromatic heterocycles. The van der Waals surface area contributed by atoms with Crippen LogP contribution in [-0.2, 0) is 17.9 Å². The molecule has 4 heteroatoms. The van der Waals surface area contributed by atoms with E-state index in [-0.39, 0.29) is 6.42 Å². The van der Waals surface area contributed by atoms with Crippen molar-refractivity contribution in [1.82, 2.24) is 4.57 Å². The molecule has 0 spiro atoms. The van der Waals surface area contributed by atoms with Gasteiger partial charge in [-0.05, 0) is 26.7 Å². The number of aryl methyl sites for hydroxylation is 2. The highest BCUT2D eigenvalue weighted by Gasteiger charge is 1.95. The van der Waals surface area contributed by atoms with E-state index in [1.54, 1.807) is 0 Å². The van der Waals surface area contributed by atoms with E-state index in [0.717, 1.165) is 32.4 Å². The molecule has 4 nitrogen and oxygen atoms in total. The summed E-state index contributed by atoms with van der Waals surface area (Å²) in [6.07, 6.45) is 11.9. The molecule has 0 unspecified atom stereocenters. The van der Waals surface area contributed by atoms with E-state index in [4.69, 9.17) is 0 Å². The number of carbonyl (C=O) groups is 1. The fourth-order valence-corrected chi connectivity index (χ4v) is 1.69. The van der Waals surface area contributed by atoms with Crippen molar-refractivity contribution in [3.8, 4) is 0 Å². The largest absolute Gasteiger partial charge is 0.550 e. The van der Waals surface area contributed by atoms with Crippen molar-refractivity contribution in [2.75, 3.05) is 0 Å². The third-order valence-electron chi connectivity index (χ3n) is 2.96. The van der Waals surface area contributed by atoms with Crippen LogP contribution in [-0.4, -0.2) is 10.5 Å². The third-order valence-corrected chi connectivity index (χ3v) is 2.96. The Kier molecular flexibility index (Phi) is 10.9. The highest BCUT2D eigenvalue weighted by molar-refractivity contribution is 5.63. The fraction of sp³-hybridized carbons (Fsp3) is 0.733. The number of rotatable bonds is 8. The summed E-state index contributed by atoms with van der Waals surface area (Å²) >= 11 is 0. The SMILES string of the molecule is CCCCCCCC(=O)[O-].CCn1cc[n+](CC)c1. The number of aromatic nitrogens is 2. The molecule has 1 rings (SSSR count). The van der Waals surface area contributed by atoms with Crippen molar-refractivity contribution >= 4 is 5.97 Å². The van der Waals surface area contributed by atoms with Crippen LogP contribution in [0.2, 0.25) is 0 Å². The summed E-state index contributed by atoms with van der Waals surface area (Å²) in [7, 11) is 0. The molecule has 0 aliphatic rings. The summed E-state index contributed by atoms with van der Waals surface area (Å²) in [6, 6.07) is 0. The second kappa shape index (κ2) is 11.8. The standard InChI is InChI=1S/C8H16O2.C7H13N2/c1-2-3-4-5-6-7-8(9)10;1-3-8-5-6-9(4-2)7-8/h2-7H2,1H3,(H,9,10);5-7H,3-4H2,1-2H3/q;+1/p-1. The minimum Gasteiger partial charge on any atom is -0.550 e. The Morgan fingerprint density at radius 1 is 1.16 bits per heavy atom. The maximum atomic E-state index is 9.92. The van der Waals surface area contributed by atoms with Crippen molar-refractivity contribution in [2.24, 2.45) is 0 Å².